The van der Waals surface area contributed by atoms with Crippen molar-refractivity contribution in [2.45, 2.75) is 13.0 Å². The first-order valence-electron chi connectivity index (χ1n) is 5.74. The van der Waals surface area contributed by atoms with Crippen molar-refractivity contribution in [2.24, 2.45) is 21.1 Å². The number of amides is 1. The molecule has 0 bridgehead atoms. The highest BCUT2D eigenvalue weighted by molar-refractivity contribution is 7.80. The summed E-state index contributed by atoms with van der Waals surface area (Å²) in [6.07, 6.45) is 0. The molecule has 21 heavy (non-hydrogen) atoms. The van der Waals surface area contributed by atoms with E-state index in [1.807, 2.05) is 0 Å². The van der Waals surface area contributed by atoms with Crippen LogP contribution in [0.3, 0.4) is 0 Å². The zero-order valence-corrected chi connectivity index (χ0v) is 11.6. The van der Waals surface area contributed by atoms with Crippen LogP contribution in [0.2, 0.25) is 0 Å². The molecule has 1 amide bonds. The molecule has 0 saturated carbocycles. The minimum absolute atomic E-state index is 0.112. The Morgan fingerprint density at radius 3 is 2.86 bits per heavy atom. The molecule has 1 aliphatic heterocycles. The Hall–Kier alpha value is -2.75. The number of nitro groups is 1. The predicted octanol–water partition coefficient (Wildman–Crippen LogP) is 1.51. The Morgan fingerprint density at radius 2 is 2.29 bits per heavy atom. The molecule has 0 saturated heterocycles. The quantitative estimate of drug-likeness (QED) is 0.392. The van der Waals surface area contributed by atoms with Crippen molar-refractivity contribution in [3.63, 3.8) is 0 Å². The molecule has 0 fully saturated rings. The van der Waals surface area contributed by atoms with Gasteiger partial charge < -0.3 is 5.73 Å². The maximum atomic E-state index is 11.9. The SMILES string of the molecule is CC1=NN(C(N)=S)C(=O)[C@H]1N=Nc1cccc([N+](=O)[O-])c1. The Kier molecular flexibility index (Phi) is 3.98. The van der Waals surface area contributed by atoms with Gasteiger partial charge in [-0.3, -0.25) is 14.9 Å². The highest BCUT2D eigenvalue weighted by Crippen LogP contribution is 2.21. The van der Waals surface area contributed by atoms with Gasteiger partial charge in [0.2, 0.25) is 0 Å². The third-order valence-electron chi connectivity index (χ3n) is 2.63. The lowest BCUT2D eigenvalue weighted by Gasteiger charge is -2.08. The average Bonchev–Trinajstić information content (AvgIpc) is 2.72. The van der Waals surface area contributed by atoms with Gasteiger partial charge in [0.15, 0.2) is 11.2 Å². The summed E-state index contributed by atoms with van der Waals surface area (Å²) in [5, 5.41) is 22.9. The number of azo groups is 1. The van der Waals surface area contributed by atoms with E-state index >= 15 is 0 Å². The zero-order chi connectivity index (χ0) is 15.6. The van der Waals surface area contributed by atoms with E-state index in [4.69, 9.17) is 18.0 Å². The van der Waals surface area contributed by atoms with Gasteiger partial charge in [-0.15, -0.1) is 0 Å². The van der Waals surface area contributed by atoms with Crippen molar-refractivity contribution in [1.29, 1.82) is 0 Å². The lowest BCUT2D eigenvalue weighted by molar-refractivity contribution is -0.384. The normalized spacial score (nSPS) is 18.1. The first-order valence-corrected chi connectivity index (χ1v) is 6.15. The van der Waals surface area contributed by atoms with Crippen LogP contribution >= 0.6 is 12.2 Å². The van der Waals surface area contributed by atoms with Crippen LogP contribution in [0.25, 0.3) is 0 Å². The molecular weight excluding hydrogens is 296 g/mol. The molecule has 1 atom stereocenters. The van der Waals surface area contributed by atoms with Crippen molar-refractivity contribution < 1.29 is 9.72 Å². The third kappa shape index (κ3) is 3.05. The van der Waals surface area contributed by atoms with E-state index in [9.17, 15) is 14.9 Å². The number of hydrazone groups is 1. The number of carbonyl (C=O) groups excluding carboxylic acids is 1. The zero-order valence-electron chi connectivity index (χ0n) is 10.8. The Morgan fingerprint density at radius 1 is 1.57 bits per heavy atom. The molecule has 1 aromatic rings. The molecule has 1 aliphatic rings. The lowest BCUT2D eigenvalue weighted by Crippen LogP contribution is -2.37. The van der Waals surface area contributed by atoms with E-state index in [0.29, 0.717) is 5.71 Å². The molecule has 0 unspecified atom stereocenters. The number of carbonyl (C=O) groups is 1. The van der Waals surface area contributed by atoms with Crippen molar-refractivity contribution >= 4 is 40.3 Å². The second-order valence-corrected chi connectivity index (χ2v) is 4.54. The van der Waals surface area contributed by atoms with Crippen LogP contribution in [0.4, 0.5) is 11.4 Å². The van der Waals surface area contributed by atoms with Crippen LogP contribution in [0.5, 0.6) is 0 Å². The molecule has 0 spiro atoms. The first kappa shape index (κ1) is 14.7. The number of nitrogens with zero attached hydrogens (tertiary/aromatic N) is 5. The molecule has 1 aromatic carbocycles. The maximum absolute atomic E-state index is 11.9. The minimum atomic E-state index is -0.925. The third-order valence-corrected chi connectivity index (χ3v) is 2.81. The van der Waals surface area contributed by atoms with Crippen LogP contribution in [0.15, 0.2) is 39.6 Å². The number of benzene rings is 1. The van der Waals surface area contributed by atoms with Crippen LogP contribution in [0, 0.1) is 10.1 Å². The van der Waals surface area contributed by atoms with Crippen LogP contribution in [-0.2, 0) is 4.79 Å². The van der Waals surface area contributed by atoms with Crippen LogP contribution in [0.1, 0.15) is 6.92 Å². The van der Waals surface area contributed by atoms with Gasteiger partial charge in [0.25, 0.3) is 11.6 Å². The summed E-state index contributed by atoms with van der Waals surface area (Å²) >= 11 is 4.69. The van der Waals surface area contributed by atoms with Gasteiger partial charge in [0.1, 0.15) is 0 Å². The highest BCUT2D eigenvalue weighted by atomic mass is 32.1. The Bertz CT molecular complexity index is 686. The lowest BCUT2D eigenvalue weighted by atomic mass is 10.2. The largest absolute Gasteiger partial charge is 0.374 e. The standard InChI is InChI=1S/C11H10N6O3S/c1-6-9(10(18)16(15-6)11(12)21)14-13-7-3-2-4-8(5-7)17(19)20/h2-5,9H,1H3,(H2,12,21)/t9-/m0/s1. The minimum Gasteiger partial charge on any atom is -0.374 e. The van der Waals surface area contributed by atoms with Gasteiger partial charge in [-0.1, -0.05) is 6.07 Å². The van der Waals surface area contributed by atoms with E-state index in [1.165, 1.54) is 24.3 Å². The molecule has 10 heteroatoms. The number of hydrogen-bond donors (Lipinski definition) is 1. The molecular formula is C11H10N6O3S. The molecule has 0 aliphatic carbocycles. The first-order chi connectivity index (χ1) is 9.90. The number of hydrogen-bond acceptors (Lipinski definition) is 7. The molecule has 2 rings (SSSR count). The topological polar surface area (TPSA) is 127 Å². The molecule has 0 radical (unpaired) electrons. The summed E-state index contributed by atoms with van der Waals surface area (Å²) < 4.78 is 0. The van der Waals surface area contributed by atoms with E-state index in [1.54, 1.807) is 6.92 Å². The molecule has 2 N–H and O–H groups in total. The second-order valence-electron chi connectivity index (χ2n) is 4.12. The fourth-order valence-corrected chi connectivity index (χ4v) is 1.77. The fourth-order valence-electron chi connectivity index (χ4n) is 1.64. The molecule has 108 valence electrons. The number of non-ortho nitro benzene ring substituents is 1. The maximum Gasteiger partial charge on any atom is 0.282 e. The average molecular weight is 306 g/mol. The van der Waals surface area contributed by atoms with Crippen molar-refractivity contribution in [2.75, 3.05) is 0 Å². The molecule has 9 nitrogen and oxygen atoms in total. The number of rotatable bonds is 3. The summed E-state index contributed by atoms with van der Waals surface area (Å²) in [6, 6.07) is 4.67. The summed E-state index contributed by atoms with van der Waals surface area (Å²) in [4.78, 5) is 22.1. The monoisotopic (exact) mass is 306 g/mol. The summed E-state index contributed by atoms with van der Waals surface area (Å²) in [6.45, 7) is 1.59. The van der Waals surface area contributed by atoms with E-state index in [2.05, 4.69) is 15.3 Å². The van der Waals surface area contributed by atoms with Gasteiger partial charge in [-0.05, 0) is 25.2 Å². The predicted molar refractivity (Wildman–Crippen MR) is 78.1 cm³/mol. The molecule has 0 aromatic heterocycles. The van der Waals surface area contributed by atoms with Crippen molar-refractivity contribution in [3.05, 3.63) is 34.4 Å². The van der Waals surface area contributed by atoms with Gasteiger partial charge in [-0.2, -0.15) is 20.3 Å². The van der Waals surface area contributed by atoms with Gasteiger partial charge in [-0.25, -0.2) is 0 Å². The van der Waals surface area contributed by atoms with Crippen molar-refractivity contribution in [1.82, 2.24) is 5.01 Å². The van der Waals surface area contributed by atoms with E-state index < -0.39 is 16.9 Å². The van der Waals surface area contributed by atoms with E-state index in [0.717, 1.165) is 5.01 Å². The Labute approximate surface area is 124 Å². The summed E-state index contributed by atoms with van der Waals surface area (Å²) in [7, 11) is 0. The fraction of sp³-hybridized carbons (Fsp3) is 0.182. The van der Waals surface area contributed by atoms with Crippen LogP contribution < -0.4 is 5.73 Å². The van der Waals surface area contributed by atoms with Crippen molar-refractivity contribution in [3.8, 4) is 0 Å². The Balaban J connectivity index is 2.20. The summed E-state index contributed by atoms with van der Waals surface area (Å²) in [5.41, 5.74) is 5.90. The number of thiocarbonyl (C=S) groups is 1. The van der Waals surface area contributed by atoms with E-state index in [-0.39, 0.29) is 16.5 Å². The summed E-state index contributed by atoms with van der Waals surface area (Å²) in [5.74, 6) is -0.505. The van der Waals surface area contributed by atoms with Gasteiger partial charge in [0, 0.05) is 12.1 Å². The second kappa shape index (κ2) is 5.71. The smallest absolute Gasteiger partial charge is 0.282 e. The number of nitrogens with two attached hydrogens (primary N) is 1. The van der Waals surface area contributed by atoms with Gasteiger partial charge in [0.05, 0.1) is 16.3 Å². The van der Waals surface area contributed by atoms with Crippen LogP contribution in [-0.4, -0.2) is 32.7 Å². The molecule has 1 heterocycles. The highest BCUT2D eigenvalue weighted by Gasteiger charge is 2.35. The number of nitro benzene ring substituents is 1. The van der Waals surface area contributed by atoms with Gasteiger partial charge >= 0.3 is 0 Å².